The molecule has 0 unspecified atom stereocenters. The number of halogens is 1. The van der Waals surface area contributed by atoms with Crippen molar-refractivity contribution in [2.45, 2.75) is 26.1 Å². The van der Waals surface area contributed by atoms with Gasteiger partial charge < -0.3 is 21.1 Å². The molecule has 0 saturated heterocycles. The molecular weight excluding hydrogens is 294 g/mol. The number of carbonyl (C=O) groups excluding carboxylic acids is 2. The Hall–Kier alpha value is -1.63. The minimum absolute atomic E-state index is 0. The molecule has 0 aromatic heterocycles. The lowest BCUT2D eigenvalue weighted by Gasteiger charge is -2.16. The average Bonchev–Trinajstić information content (AvgIpc) is 2.44. The van der Waals surface area contributed by atoms with E-state index in [0.29, 0.717) is 13.1 Å². The number of rotatable bonds is 7. The molecule has 0 aliphatic rings. The topological polar surface area (TPSA) is 93.4 Å². The fourth-order valence-electron chi connectivity index (χ4n) is 1.70. The van der Waals surface area contributed by atoms with Crippen molar-refractivity contribution in [3.05, 3.63) is 35.4 Å². The molecule has 0 bridgehead atoms. The first-order valence-corrected chi connectivity index (χ1v) is 6.38. The van der Waals surface area contributed by atoms with Crippen LogP contribution in [-0.2, 0) is 27.4 Å². The third kappa shape index (κ3) is 7.08. The van der Waals surface area contributed by atoms with E-state index in [1.54, 1.807) is 0 Å². The number of amides is 2. The Morgan fingerprint density at radius 2 is 1.81 bits per heavy atom. The Morgan fingerprint density at radius 1 is 1.24 bits per heavy atom. The maximum atomic E-state index is 11.9. The van der Waals surface area contributed by atoms with Gasteiger partial charge in [0, 0.05) is 27.1 Å². The molecule has 2 amide bonds. The number of methoxy groups -OCH3 is 1. The number of hydrogen-bond donors (Lipinski definition) is 3. The van der Waals surface area contributed by atoms with Crippen LogP contribution in [0.3, 0.4) is 0 Å². The Kier molecular flexibility index (Phi) is 9.36. The standard InChI is InChI=1S/C14H21N3O3.ClH/c1-10(18)17-13(9-20-2)14(19)16-8-12-5-3-11(7-15)4-6-12;/h3-6,13H,7-9,15H2,1-2H3,(H,16,19)(H,17,18);1H/t13-;/m1./s1. The lowest BCUT2D eigenvalue weighted by molar-refractivity contribution is -0.129. The van der Waals surface area contributed by atoms with E-state index in [0.717, 1.165) is 11.1 Å². The van der Waals surface area contributed by atoms with Gasteiger partial charge in [-0.15, -0.1) is 12.4 Å². The van der Waals surface area contributed by atoms with Gasteiger partial charge in [-0.25, -0.2) is 0 Å². The molecule has 1 rings (SSSR count). The number of nitrogens with two attached hydrogens (primary N) is 1. The Balaban J connectivity index is 0.00000400. The predicted molar refractivity (Wildman–Crippen MR) is 82.9 cm³/mol. The van der Waals surface area contributed by atoms with E-state index in [1.165, 1.54) is 14.0 Å². The number of benzene rings is 1. The number of nitrogens with one attached hydrogen (secondary N) is 2. The van der Waals surface area contributed by atoms with Crippen LogP contribution in [0.15, 0.2) is 24.3 Å². The number of hydrogen-bond acceptors (Lipinski definition) is 4. The molecule has 0 fully saturated rings. The normalized spacial score (nSPS) is 11.2. The highest BCUT2D eigenvalue weighted by Gasteiger charge is 2.18. The van der Waals surface area contributed by atoms with Crippen LogP contribution >= 0.6 is 12.4 Å². The molecule has 0 heterocycles. The quantitative estimate of drug-likeness (QED) is 0.676. The van der Waals surface area contributed by atoms with Crippen molar-refractivity contribution >= 4 is 24.2 Å². The second kappa shape index (κ2) is 10.1. The molecule has 118 valence electrons. The van der Waals surface area contributed by atoms with Crippen molar-refractivity contribution in [2.75, 3.05) is 13.7 Å². The summed E-state index contributed by atoms with van der Waals surface area (Å²) in [5.41, 5.74) is 7.52. The van der Waals surface area contributed by atoms with Crippen molar-refractivity contribution in [1.29, 1.82) is 0 Å². The van der Waals surface area contributed by atoms with Crippen LogP contribution in [0.2, 0.25) is 0 Å². The van der Waals surface area contributed by atoms with E-state index in [4.69, 9.17) is 10.5 Å². The van der Waals surface area contributed by atoms with Crippen molar-refractivity contribution in [1.82, 2.24) is 10.6 Å². The van der Waals surface area contributed by atoms with Crippen molar-refractivity contribution in [3.8, 4) is 0 Å². The average molecular weight is 316 g/mol. The van der Waals surface area contributed by atoms with Crippen LogP contribution in [-0.4, -0.2) is 31.6 Å². The molecule has 1 atom stereocenters. The Morgan fingerprint density at radius 3 is 2.29 bits per heavy atom. The van der Waals surface area contributed by atoms with E-state index >= 15 is 0 Å². The largest absolute Gasteiger partial charge is 0.382 e. The molecule has 7 heteroatoms. The van der Waals surface area contributed by atoms with Crippen LogP contribution in [0.1, 0.15) is 18.1 Å². The van der Waals surface area contributed by atoms with Crippen LogP contribution in [0.25, 0.3) is 0 Å². The summed E-state index contributed by atoms with van der Waals surface area (Å²) < 4.78 is 4.92. The van der Waals surface area contributed by atoms with Gasteiger partial charge in [-0.3, -0.25) is 9.59 Å². The van der Waals surface area contributed by atoms with Crippen molar-refractivity contribution in [3.63, 3.8) is 0 Å². The zero-order chi connectivity index (χ0) is 15.0. The summed E-state index contributed by atoms with van der Waals surface area (Å²) in [5, 5.41) is 5.30. The fourth-order valence-corrected chi connectivity index (χ4v) is 1.70. The number of ether oxygens (including phenoxy) is 1. The smallest absolute Gasteiger partial charge is 0.245 e. The molecule has 21 heavy (non-hydrogen) atoms. The second-order valence-electron chi connectivity index (χ2n) is 4.45. The third-order valence-corrected chi connectivity index (χ3v) is 2.75. The first-order chi connectivity index (χ1) is 9.56. The van der Waals surface area contributed by atoms with E-state index < -0.39 is 6.04 Å². The molecule has 0 saturated carbocycles. The summed E-state index contributed by atoms with van der Waals surface area (Å²) in [6.45, 7) is 2.38. The SMILES string of the molecule is COC[C@@H](NC(C)=O)C(=O)NCc1ccc(CN)cc1.Cl. The summed E-state index contributed by atoms with van der Waals surface area (Å²) in [6, 6.07) is 6.98. The van der Waals surface area contributed by atoms with Crippen LogP contribution in [0.5, 0.6) is 0 Å². The summed E-state index contributed by atoms with van der Waals surface area (Å²) in [7, 11) is 1.48. The highest BCUT2D eigenvalue weighted by Crippen LogP contribution is 2.03. The first kappa shape index (κ1) is 19.4. The first-order valence-electron chi connectivity index (χ1n) is 6.38. The fraction of sp³-hybridized carbons (Fsp3) is 0.429. The van der Waals surface area contributed by atoms with Crippen LogP contribution in [0.4, 0.5) is 0 Å². The van der Waals surface area contributed by atoms with Gasteiger partial charge in [0.1, 0.15) is 6.04 Å². The van der Waals surface area contributed by atoms with Crippen LogP contribution in [0, 0.1) is 0 Å². The van der Waals surface area contributed by atoms with Gasteiger partial charge in [0.25, 0.3) is 0 Å². The van der Waals surface area contributed by atoms with E-state index in [2.05, 4.69) is 10.6 Å². The Bertz CT molecular complexity index is 451. The van der Waals surface area contributed by atoms with Gasteiger partial charge in [-0.05, 0) is 11.1 Å². The molecular formula is C14H22ClN3O3. The zero-order valence-corrected chi connectivity index (χ0v) is 13.0. The van der Waals surface area contributed by atoms with Gasteiger partial charge >= 0.3 is 0 Å². The molecule has 1 aromatic rings. The van der Waals surface area contributed by atoms with E-state index in [9.17, 15) is 9.59 Å². The molecule has 0 aliphatic heterocycles. The summed E-state index contributed by atoms with van der Waals surface area (Å²) in [6.07, 6.45) is 0. The third-order valence-electron chi connectivity index (χ3n) is 2.75. The van der Waals surface area contributed by atoms with E-state index in [1.807, 2.05) is 24.3 Å². The summed E-state index contributed by atoms with van der Waals surface area (Å²) in [5.74, 6) is -0.542. The minimum Gasteiger partial charge on any atom is -0.382 e. The highest BCUT2D eigenvalue weighted by atomic mass is 35.5. The molecule has 0 spiro atoms. The molecule has 6 nitrogen and oxygen atoms in total. The zero-order valence-electron chi connectivity index (χ0n) is 12.2. The van der Waals surface area contributed by atoms with Gasteiger partial charge in [0.05, 0.1) is 6.61 Å². The van der Waals surface area contributed by atoms with Crippen molar-refractivity contribution in [2.24, 2.45) is 5.73 Å². The predicted octanol–water partition coefficient (Wildman–Crippen LogP) is 0.334. The summed E-state index contributed by atoms with van der Waals surface area (Å²) >= 11 is 0. The highest BCUT2D eigenvalue weighted by molar-refractivity contribution is 5.86. The lowest BCUT2D eigenvalue weighted by Crippen LogP contribution is -2.48. The molecule has 1 aromatic carbocycles. The lowest BCUT2D eigenvalue weighted by atomic mass is 10.1. The monoisotopic (exact) mass is 315 g/mol. The Labute approximate surface area is 130 Å². The van der Waals surface area contributed by atoms with Gasteiger partial charge in [0.15, 0.2) is 0 Å². The van der Waals surface area contributed by atoms with Gasteiger partial charge in [-0.1, -0.05) is 24.3 Å². The summed E-state index contributed by atoms with van der Waals surface area (Å²) in [4.78, 5) is 23.0. The second-order valence-corrected chi connectivity index (χ2v) is 4.45. The van der Waals surface area contributed by atoms with Crippen LogP contribution < -0.4 is 16.4 Å². The van der Waals surface area contributed by atoms with Gasteiger partial charge in [-0.2, -0.15) is 0 Å². The maximum Gasteiger partial charge on any atom is 0.245 e. The molecule has 0 radical (unpaired) electrons. The van der Waals surface area contributed by atoms with Crippen molar-refractivity contribution < 1.29 is 14.3 Å². The number of carbonyl (C=O) groups is 2. The maximum absolute atomic E-state index is 11.9. The van der Waals surface area contributed by atoms with E-state index in [-0.39, 0.29) is 30.8 Å². The minimum atomic E-state index is -0.680. The molecule has 4 N–H and O–H groups in total. The molecule has 0 aliphatic carbocycles. The van der Waals surface area contributed by atoms with Gasteiger partial charge in [0.2, 0.25) is 11.8 Å².